The number of hydrogen-bond acceptors (Lipinski definition) is 5. The Morgan fingerprint density at radius 3 is 2.58 bits per heavy atom. The predicted molar refractivity (Wildman–Crippen MR) is 88.1 cm³/mol. The zero-order valence-corrected chi connectivity index (χ0v) is 14.1. The maximum Gasteiger partial charge on any atom is 0.160 e. The largest absolute Gasteiger partial charge is 0.504 e. The van der Waals surface area contributed by atoms with Crippen LogP contribution in [0.25, 0.3) is 0 Å². The molecule has 24 heavy (non-hydrogen) atoms. The Bertz CT molecular complexity index is 659. The first-order valence-corrected chi connectivity index (χ1v) is 8.82. The number of methoxy groups -OCH3 is 1. The summed E-state index contributed by atoms with van der Waals surface area (Å²) < 4.78 is 5.27. The first kappa shape index (κ1) is 16.2. The summed E-state index contributed by atoms with van der Waals surface area (Å²) in [6.45, 7) is 2.00. The summed E-state index contributed by atoms with van der Waals surface area (Å²) in [6, 6.07) is 3.73. The number of aryl methyl sites for hydroxylation is 1. The van der Waals surface area contributed by atoms with Crippen LogP contribution >= 0.6 is 0 Å². The van der Waals surface area contributed by atoms with Crippen LogP contribution < -0.4 is 4.74 Å². The molecule has 5 heteroatoms. The second-order valence-electron chi connectivity index (χ2n) is 8.03. The van der Waals surface area contributed by atoms with Crippen molar-refractivity contribution in [2.45, 2.75) is 56.8 Å². The number of phenolic OH excluding ortho intramolecular Hbond substituents is 1. The highest BCUT2D eigenvalue weighted by atomic mass is 16.5. The number of aromatic hydroxyl groups is 1. The molecule has 0 amide bonds. The predicted octanol–water partition coefficient (Wildman–Crippen LogP) is 1.56. The van der Waals surface area contributed by atoms with Gasteiger partial charge in [0, 0.05) is 5.41 Å². The van der Waals surface area contributed by atoms with Gasteiger partial charge in [0.2, 0.25) is 0 Å². The van der Waals surface area contributed by atoms with Gasteiger partial charge in [-0.2, -0.15) is 0 Å². The maximum absolute atomic E-state index is 10.6. The van der Waals surface area contributed by atoms with Crippen molar-refractivity contribution in [1.29, 1.82) is 0 Å². The SMILES string of the molecule is COc1cc2c(cc1O)CC[C@H]1[C@@H]3[C@H](O)[C@H](O)[C@H](O)[C@@]3(C)CC[C@H]21. The molecular formula is C19H26O5. The third-order valence-electron chi connectivity index (χ3n) is 7.04. The van der Waals surface area contributed by atoms with E-state index < -0.39 is 23.7 Å². The third-order valence-corrected chi connectivity index (χ3v) is 7.04. The van der Waals surface area contributed by atoms with Crippen LogP contribution in [0, 0.1) is 17.3 Å². The zero-order chi connectivity index (χ0) is 17.2. The van der Waals surface area contributed by atoms with Gasteiger partial charge in [0.1, 0.15) is 6.10 Å². The Labute approximate surface area is 141 Å². The smallest absolute Gasteiger partial charge is 0.160 e. The fourth-order valence-corrected chi connectivity index (χ4v) is 5.81. The average molecular weight is 334 g/mol. The Balaban J connectivity index is 1.75. The summed E-state index contributed by atoms with van der Waals surface area (Å²) >= 11 is 0. The van der Waals surface area contributed by atoms with Crippen LogP contribution in [0.2, 0.25) is 0 Å². The molecule has 3 aliphatic carbocycles. The molecule has 0 heterocycles. The van der Waals surface area contributed by atoms with Gasteiger partial charge >= 0.3 is 0 Å². The Hall–Kier alpha value is -1.30. The van der Waals surface area contributed by atoms with Gasteiger partial charge in [0.05, 0.1) is 19.3 Å². The van der Waals surface area contributed by atoms with Crippen molar-refractivity contribution in [3.8, 4) is 11.5 Å². The van der Waals surface area contributed by atoms with E-state index in [1.807, 2.05) is 13.0 Å². The van der Waals surface area contributed by atoms with Gasteiger partial charge in [-0.3, -0.25) is 0 Å². The van der Waals surface area contributed by atoms with Gasteiger partial charge in [0.15, 0.2) is 11.5 Å². The number of rotatable bonds is 1. The van der Waals surface area contributed by atoms with Crippen molar-refractivity contribution in [2.75, 3.05) is 7.11 Å². The van der Waals surface area contributed by atoms with Crippen molar-refractivity contribution in [3.63, 3.8) is 0 Å². The number of aliphatic hydroxyl groups excluding tert-OH is 3. The highest BCUT2D eigenvalue weighted by Gasteiger charge is 2.62. The first-order chi connectivity index (χ1) is 11.4. The summed E-state index contributed by atoms with van der Waals surface area (Å²) in [5.74, 6) is 1.05. The van der Waals surface area contributed by atoms with E-state index in [9.17, 15) is 20.4 Å². The van der Waals surface area contributed by atoms with Crippen molar-refractivity contribution < 1.29 is 25.2 Å². The number of phenols is 1. The van der Waals surface area contributed by atoms with Crippen molar-refractivity contribution in [2.24, 2.45) is 17.3 Å². The summed E-state index contributed by atoms with van der Waals surface area (Å²) in [7, 11) is 1.55. The van der Waals surface area contributed by atoms with E-state index >= 15 is 0 Å². The number of hydrogen-bond donors (Lipinski definition) is 4. The van der Waals surface area contributed by atoms with E-state index in [1.165, 1.54) is 5.56 Å². The van der Waals surface area contributed by atoms with Gasteiger partial charge in [-0.05, 0) is 66.7 Å². The minimum Gasteiger partial charge on any atom is -0.504 e. The Morgan fingerprint density at radius 2 is 1.88 bits per heavy atom. The van der Waals surface area contributed by atoms with Gasteiger partial charge in [-0.15, -0.1) is 0 Å². The molecule has 3 aliphatic rings. The topological polar surface area (TPSA) is 90.2 Å². The number of aliphatic hydroxyl groups is 3. The van der Waals surface area contributed by atoms with Crippen molar-refractivity contribution in [1.82, 2.24) is 0 Å². The van der Waals surface area contributed by atoms with Crippen molar-refractivity contribution in [3.05, 3.63) is 23.3 Å². The highest BCUT2D eigenvalue weighted by molar-refractivity contribution is 5.49. The molecule has 1 aromatic carbocycles. The van der Waals surface area contributed by atoms with Gasteiger partial charge in [-0.1, -0.05) is 6.92 Å². The van der Waals surface area contributed by atoms with Gasteiger partial charge in [0.25, 0.3) is 0 Å². The normalized spacial score (nSPS) is 43.7. The number of ether oxygens (including phenoxy) is 1. The lowest BCUT2D eigenvalue weighted by Gasteiger charge is -2.50. The van der Waals surface area contributed by atoms with Crippen LogP contribution in [0.3, 0.4) is 0 Å². The molecule has 1 aromatic rings. The minimum atomic E-state index is -1.06. The van der Waals surface area contributed by atoms with Crippen molar-refractivity contribution >= 4 is 0 Å². The molecule has 0 radical (unpaired) electrons. The monoisotopic (exact) mass is 334 g/mol. The fourth-order valence-electron chi connectivity index (χ4n) is 5.81. The summed E-state index contributed by atoms with van der Waals surface area (Å²) in [5.41, 5.74) is 1.90. The average Bonchev–Trinajstić information content (AvgIpc) is 2.75. The molecule has 0 aromatic heterocycles. The Kier molecular flexibility index (Phi) is 3.61. The van der Waals surface area contributed by atoms with Gasteiger partial charge in [-0.25, -0.2) is 0 Å². The summed E-state index contributed by atoms with van der Waals surface area (Å²) in [6.07, 6.45) is 0.619. The molecule has 7 atom stereocenters. The van der Waals surface area contributed by atoms with Gasteiger partial charge < -0.3 is 25.2 Å². The van der Waals surface area contributed by atoms with E-state index in [0.29, 0.717) is 5.75 Å². The molecule has 132 valence electrons. The number of fused-ring (bicyclic) bond motifs is 5. The lowest BCUT2D eigenvalue weighted by molar-refractivity contribution is -0.0505. The standard InChI is InChI=1S/C19H26O5/c1-19-6-5-10-11(15(19)16(21)17(22)18(19)23)4-3-9-7-13(20)14(24-2)8-12(9)10/h7-8,10-11,15-18,20-23H,3-6H2,1-2H3/t10-,11+,15+,16-,17-,18-,19-/m0/s1. The second kappa shape index (κ2) is 5.35. The first-order valence-electron chi connectivity index (χ1n) is 8.82. The Morgan fingerprint density at radius 1 is 1.12 bits per heavy atom. The van der Waals surface area contributed by atoms with E-state index in [0.717, 1.165) is 31.2 Å². The van der Waals surface area contributed by atoms with E-state index in [-0.39, 0.29) is 23.5 Å². The molecule has 5 nitrogen and oxygen atoms in total. The van der Waals surface area contributed by atoms with Crippen LogP contribution in [0.5, 0.6) is 11.5 Å². The molecule has 4 N–H and O–H groups in total. The summed E-state index contributed by atoms with van der Waals surface area (Å²) in [5, 5.41) is 41.3. The molecule has 0 bridgehead atoms. The lowest BCUT2D eigenvalue weighted by Crippen LogP contribution is -2.46. The third kappa shape index (κ3) is 1.98. The minimum absolute atomic E-state index is 0.103. The van der Waals surface area contributed by atoms with Crippen LogP contribution in [0.4, 0.5) is 0 Å². The molecular weight excluding hydrogens is 308 g/mol. The molecule has 2 fully saturated rings. The molecule has 2 saturated carbocycles. The zero-order valence-electron chi connectivity index (χ0n) is 14.1. The molecule has 0 spiro atoms. The van der Waals surface area contributed by atoms with Crippen LogP contribution in [-0.2, 0) is 6.42 Å². The number of benzene rings is 1. The maximum atomic E-state index is 10.6. The second-order valence-corrected chi connectivity index (χ2v) is 8.03. The van der Waals surface area contributed by atoms with E-state index in [1.54, 1.807) is 13.2 Å². The molecule has 0 unspecified atom stereocenters. The fraction of sp³-hybridized carbons (Fsp3) is 0.684. The summed E-state index contributed by atoms with van der Waals surface area (Å²) in [4.78, 5) is 0. The molecule has 0 aliphatic heterocycles. The lowest BCUT2D eigenvalue weighted by atomic mass is 9.55. The van der Waals surface area contributed by atoms with Crippen LogP contribution in [-0.4, -0.2) is 45.8 Å². The van der Waals surface area contributed by atoms with E-state index in [2.05, 4.69) is 0 Å². The van der Waals surface area contributed by atoms with Crippen LogP contribution in [0.15, 0.2) is 12.1 Å². The molecule has 0 saturated heterocycles. The van der Waals surface area contributed by atoms with Crippen LogP contribution in [0.1, 0.15) is 43.2 Å². The van der Waals surface area contributed by atoms with E-state index in [4.69, 9.17) is 4.74 Å². The highest BCUT2D eigenvalue weighted by Crippen LogP contribution is 2.61. The quantitative estimate of drug-likeness (QED) is 0.626. The molecule has 4 rings (SSSR count).